The fraction of sp³-hybridized carbons (Fsp3) is 0.182. The summed E-state index contributed by atoms with van der Waals surface area (Å²) in [6.07, 6.45) is 1.87. The van der Waals surface area contributed by atoms with Crippen molar-refractivity contribution in [2.45, 2.75) is 13.3 Å². The summed E-state index contributed by atoms with van der Waals surface area (Å²) in [7, 11) is 0. The third-order valence-corrected chi connectivity index (χ3v) is 5.74. The molecule has 1 heterocycles. The average Bonchev–Trinajstić information content (AvgIpc) is 3.06. The standard InChI is InChI=1S/C22H18ClN3O7S/c1-2-9-33-21(29)15-11-14(7-8-16(15)23)24-19(27)12-25-20(28)18(34-22(25)30)10-13-5-3-4-6-17(13)26(31)32/h3-8,10-11H,2,9,12H2,1H3,(H,24,27)/b18-10+. The van der Waals surface area contributed by atoms with Gasteiger partial charge in [-0.15, -0.1) is 0 Å². The number of benzene rings is 2. The van der Waals surface area contributed by atoms with Gasteiger partial charge in [0.05, 0.1) is 32.6 Å². The summed E-state index contributed by atoms with van der Waals surface area (Å²) < 4.78 is 5.05. The molecule has 1 N–H and O–H groups in total. The van der Waals surface area contributed by atoms with Crippen LogP contribution >= 0.6 is 23.4 Å². The predicted octanol–water partition coefficient (Wildman–Crippen LogP) is 4.49. The maximum atomic E-state index is 12.7. The van der Waals surface area contributed by atoms with E-state index in [0.717, 1.165) is 4.90 Å². The van der Waals surface area contributed by atoms with Crippen molar-refractivity contribution < 1.29 is 28.8 Å². The molecule has 1 saturated heterocycles. The first-order chi connectivity index (χ1) is 16.2. The number of hydrogen-bond donors (Lipinski definition) is 1. The molecule has 10 nitrogen and oxygen atoms in total. The van der Waals surface area contributed by atoms with E-state index in [9.17, 15) is 29.3 Å². The van der Waals surface area contributed by atoms with Crippen molar-refractivity contribution in [1.29, 1.82) is 0 Å². The van der Waals surface area contributed by atoms with Crippen molar-refractivity contribution in [1.82, 2.24) is 4.90 Å². The topological polar surface area (TPSA) is 136 Å². The lowest BCUT2D eigenvalue weighted by molar-refractivity contribution is -0.385. The number of para-hydroxylation sites is 1. The van der Waals surface area contributed by atoms with Crippen molar-refractivity contribution in [3.05, 3.63) is 73.6 Å². The number of nitro benzene ring substituents is 1. The predicted molar refractivity (Wildman–Crippen MR) is 126 cm³/mol. The smallest absolute Gasteiger partial charge is 0.339 e. The number of halogens is 1. The highest BCUT2D eigenvalue weighted by Crippen LogP contribution is 2.33. The molecule has 1 aliphatic rings. The number of anilines is 1. The van der Waals surface area contributed by atoms with Gasteiger partial charge >= 0.3 is 5.97 Å². The Labute approximate surface area is 203 Å². The maximum Gasteiger partial charge on any atom is 0.339 e. The van der Waals surface area contributed by atoms with Gasteiger partial charge in [-0.3, -0.25) is 29.4 Å². The zero-order valence-electron chi connectivity index (χ0n) is 17.8. The van der Waals surface area contributed by atoms with Crippen LogP contribution in [0.2, 0.25) is 5.02 Å². The first kappa shape index (κ1) is 24.9. The fourth-order valence-corrected chi connectivity index (χ4v) is 3.95. The Morgan fingerprint density at radius 2 is 1.97 bits per heavy atom. The molecule has 176 valence electrons. The van der Waals surface area contributed by atoms with E-state index in [0.29, 0.717) is 18.2 Å². The lowest BCUT2D eigenvalue weighted by Crippen LogP contribution is -2.36. The number of carbonyl (C=O) groups is 4. The van der Waals surface area contributed by atoms with Crippen molar-refractivity contribution in [3.8, 4) is 0 Å². The highest BCUT2D eigenvalue weighted by atomic mass is 35.5. The summed E-state index contributed by atoms with van der Waals surface area (Å²) in [4.78, 5) is 60.8. The van der Waals surface area contributed by atoms with E-state index in [-0.39, 0.29) is 39.0 Å². The van der Waals surface area contributed by atoms with Gasteiger partial charge in [0.15, 0.2) is 0 Å². The van der Waals surface area contributed by atoms with Gasteiger partial charge in [-0.05, 0) is 48.5 Å². The highest BCUT2D eigenvalue weighted by Gasteiger charge is 2.36. The number of imide groups is 1. The zero-order valence-corrected chi connectivity index (χ0v) is 19.4. The average molecular weight is 504 g/mol. The van der Waals surface area contributed by atoms with Gasteiger partial charge in [-0.25, -0.2) is 4.79 Å². The second-order valence-corrected chi connectivity index (χ2v) is 8.36. The van der Waals surface area contributed by atoms with Crippen LogP contribution in [-0.4, -0.2) is 46.0 Å². The molecular weight excluding hydrogens is 486 g/mol. The van der Waals surface area contributed by atoms with Crippen molar-refractivity contribution in [3.63, 3.8) is 0 Å². The summed E-state index contributed by atoms with van der Waals surface area (Å²) in [5.41, 5.74) is 0.223. The highest BCUT2D eigenvalue weighted by molar-refractivity contribution is 8.18. The number of esters is 1. The molecule has 1 aliphatic heterocycles. The summed E-state index contributed by atoms with van der Waals surface area (Å²) in [6.45, 7) is 1.47. The summed E-state index contributed by atoms with van der Waals surface area (Å²) in [5, 5.41) is 13.1. The van der Waals surface area contributed by atoms with Gasteiger partial charge in [-0.1, -0.05) is 30.7 Å². The Hall–Kier alpha value is -3.70. The molecule has 0 aromatic heterocycles. The molecule has 12 heteroatoms. The van der Waals surface area contributed by atoms with Crippen LogP contribution in [0.5, 0.6) is 0 Å². The molecule has 0 aliphatic carbocycles. The third kappa shape index (κ3) is 5.80. The number of hydrogen-bond acceptors (Lipinski definition) is 8. The van der Waals surface area contributed by atoms with Crippen LogP contribution < -0.4 is 5.32 Å². The SMILES string of the molecule is CCCOC(=O)c1cc(NC(=O)CN2C(=O)S/C(=C/c3ccccc3[N+](=O)[O-])C2=O)ccc1Cl. The lowest BCUT2D eigenvalue weighted by atomic mass is 10.1. The molecule has 0 radical (unpaired) electrons. The van der Waals surface area contributed by atoms with Gasteiger partial charge in [0.2, 0.25) is 5.91 Å². The molecule has 0 unspecified atom stereocenters. The Kier molecular flexibility index (Phi) is 8.03. The Bertz CT molecular complexity index is 1210. The molecule has 0 saturated carbocycles. The van der Waals surface area contributed by atoms with Gasteiger partial charge in [0, 0.05) is 11.8 Å². The monoisotopic (exact) mass is 503 g/mol. The van der Waals surface area contributed by atoms with E-state index < -0.39 is 34.5 Å². The lowest BCUT2D eigenvalue weighted by Gasteiger charge is -2.13. The van der Waals surface area contributed by atoms with Crippen LogP contribution in [0.3, 0.4) is 0 Å². The molecule has 34 heavy (non-hydrogen) atoms. The van der Waals surface area contributed by atoms with Crippen LogP contribution in [-0.2, 0) is 14.3 Å². The quantitative estimate of drug-likeness (QED) is 0.241. The molecular formula is C22H18ClN3O7S. The van der Waals surface area contributed by atoms with E-state index >= 15 is 0 Å². The minimum absolute atomic E-state index is 0.0421. The normalized spacial score (nSPS) is 14.4. The third-order valence-electron chi connectivity index (χ3n) is 4.50. The minimum Gasteiger partial charge on any atom is -0.462 e. The summed E-state index contributed by atoms with van der Waals surface area (Å²) in [5.74, 6) is -2.08. The van der Waals surface area contributed by atoms with Crippen molar-refractivity contribution in [2.24, 2.45) is 0 Å². The summed E-state index contributed by atoms with van der Waals surface area (Å²) in [6, 6.07) is 9.98. The molecule has 2 aromatic rings. The van der Waals surface area contributed by atoms with E-state index in [2.05, 4.69) is 5.32 Å². The van der Waals surface area contributed by atoms with Gasteiger partial charge < -0.3 is 10.1 Å². The maximum absolute atomic E-state index is 12.7. The fourth-order valence-electron chi connectivity index (χ4n) is 2.93. The number of nitrogens with zero attached hydrogens (tertiary/aromatic N) is 2. The second kappa shape index (κ2) is 10.9. The van der Waals surface area contributed by atoms with Crippen LogP contribution in [0, 0.1) is 10.1 Å². The molecule has 1 fully saturated rings. The van der Waals surface area contributed by atoms with E-state index in [1.165, 1.54) is 42.5 Å². The number of amides is 3. The molecule has 0 bridgehead atoms. The molecule has 3 amide bonds. The first-order valence-corrected chi connectivity index (χ1v) is 11.2. The number of ether oxygens (including phenoxy) is 1. The van der Waals surface area contributed by atoms with Gasteiger partial charge in [0.1, 0.15) is 6.54 Å². The number of thioether (sulfide) groups is 1. The van der Waals surface area contributed by atoms with Crippen molar-refractivity contribution >= 4 is 63.8 Å². The van der Waals surface area contributed by atoms with Crippen molar-refractivity contribution in [2.75, 3.05) is 18.5 Å². The molecule has 0 spiro atoms. The van der Waals surface area contributed by atoms with E-state index in [1.807, 2.05) is 6.92 Å². The Morgan fingerprint density at radius 1 is 1.24 bits per heavy atom. The number of carbonyl (C=O) groups excluding carboxylic acids is 4. The van der Waals surface area contributed by atoms with Gasteiger partial charge in [0.25, 0.3) is 16.8 Å². The van der Waals surface area contributed by atoms with E-state index in [1.54, 1.807) is 6.07 Å². The molecule has 0 atom stereocenters. The number of rotatable bonds is 8. The zero-order chi connectivity index (χ0) is 24.8. The number of nitrogens with one attached hydrogen (secondary N) is 1. The van der Waals surface area contributed by atoms with Crippen LogP contribution in [0.25, 0.3) is 6.08 Å². The van der Waals surface area contributed by atoms with Crippen LogP contribution in [0.15, 0.2) is 47.4 Å². The van der Waals surface area contributed by atoms with E-state index in [4.69, 9.17) is 16.3 Å². The van der Waals surface area contributed by atoms with Gasteiger partial charge in [-0.2, -0.15) is 0 Å². The molecule has 2 aromatic carbocycles. The minimum atomic E-state index is -0.747. The Morgan fingerprint density at radius 3 is 2.68 bits per heavy atom. The van der Waals surface area contributed by atoms with Crippen LogP contribution in [0.1, 0.15) is 29.3 Å². The first-order valence-electron chi connectivity index (χ1n) is 9.96. The van der Waals surface area contributed by atoms with Crippen LogP contribution in [0.4, 0.5) is 16.2 Å². The Balaban J connectivity index is 1.71. The second-order valence-electron chi connectivity index (χ2n) is 6.96. The number of nitro groups is 1. The molecule has 3 rings (SSSR count). The summed E-state index contributed by atoms with van der Waals surface area (Å²) >= 11 is 6.61. The largest absolute Gasteiger partial charge is 0.462 e.